The Labute approximate surface area is 94.0 Å². The van der Waals surface area contributed by atoms with Gasteiger partial charge in [-0.2, -0.15) is 0 Å². The summed E-state index contributed by atoms with van der Waals surface area (Å²) in [6.45, 7) is 0.649. The fourth-order valence-electron chi connectivity index (χ4n) is 1.89. The molecule has 2 atom stereocenters. The number of β-amino-alcohol motifs (C(OH)–C–C–N with tert-alkyl or cyclic N) is 1. The molecule has 1 aliphatic rings. The van der Waals surface area contributed by atoms with Gasteiger partial charge in [0.05, 0.1) is 6.10 Å². The molecule has 1 heterocycles. The number of carbonyl (C=O) groups excluding carboxylic acids is 1. The molecule has 4 N–H and O–H groups in total. The summed E-state index contributed by atoms with van der Waals surface area (Å²) in [6.07, 6.45) is 1.11. The van der Waals surface area contributed by atoms with E-state index in [-0.39, 0.29) is 18.9 Å². The molecule has 1 saturated heterocycles. The third-order valence-corrected chi connectivity index (χ3v) is 2.73. The normalized spacial score (nSPS) is 24.8. The zero-order valence-corrected chi connectivity index (χ0v) is 9.13. The van der Waals surface area contributed by atoms with Crippen molar-refractivity contribution < 1.29 is 19.8 Å². The van der Waals surface area contributed by atoms with E-state index in [0.29, 0.717) is 19.4 Å². The van der Waals surface area contributed by atoms with Gasteiger partial charge in [0.2, 0.25) is 5.91 Å². The molecule has 0 aromatic carbocycles. The molecule has 1 fully saturated rings. The number of hydrogen-bond donors (Lipinski definition) is 3. The predicted molar refractivity (Wildman–Crippen MR) is 56.7 cm³/mol. The van der Waals surface area contributed by atoms with Crippen molar-refractivity contribution in [2.75, 3.05) is 13.1 Å². The van der Waals surface area contributed by atoms with Crippen LogP contribution in [-0.2, 0) is 9.59 Å². The Morgan fingerprint density at radius 2 is 2.06 bits per heavy atom. The van der Waals surface area contributed by atoms with Crippen LogP contribution in [0.3, 0.4) is 0 Å². The lowest BCUT2D eigenvalue weighted by molar-refractivity contribution is -0.148. The van der Waals surface area contributed by atoms with Gasteiger partial charge in [-0.1, -0.05) is 0 Å². The molecule has 0 saturated carbocycles. The largest absolute Gasteiger partial charge is 0.480 e. The van der Waals surface area contributed by atoms with E-state index in [1.165, 1.54) is 4.90 Å². The number of nitrogens with zero attached hydrogens (tertiary/aromatic N) is 1. The van der Waals surface area contributed by atoms with Crippen molar-refractivity contribution in [3.05, 3.63) is 0 Å². The van der Waals surface area contributed by atoms with Crippen molar-refractivity contribution in [1.82, 2.24) is 4.90 Å². The molecule has 0 radical (unpaired) electrons. The van der Waals surface area contributed by atoms with E-state index in [1.54, 1.807) is 0 Å². The first-order valence-electron chi connectivity index (χ1n) is 5.46. The second-order valence-electron chi connectivity index (χ2n) is 4.04. The van der Waals surface area contributed by atoms with E-state index in [9.17, 15) is 14.7 Å². The predicted octanol–water partition coefficient (Wildman–Crippen LogP) is -0.838. The molecule has 0 bridgehead atoms. The van der Waals surface area contributed by atoms with Crippen molar-refractivity contribution >= 4 is 11.9 Å². The second-order valence-corrected chi connectivity index (χ2v) is 4.04. The minimum atomic E-state index is -1.05. The summed E-state index contributed by atoms with van der Waals surface area (Å²) in [4.78, 5) is 23.8. The number of nitrogens with two attached hydrogens (primary N) is 1. The minimum Gasteiger partial charge on any atom is -0.480 e. The molecule has 0 aromatic rings. The summed E-state index contributed by atoms with van der Waals surface area (Å²) in [7, 11) is 0. The van der Waals surface area contributed by atoms with Crippen LogP contribution in [0, 0.1) is 0 Å². The number of likely N-dealkylation sites (tertiary alicyclic amines) is 1. The average molecular weight is 230 g/mol. The van der Waals surface area contributed by atoms with Gasteiger partial charge in [-0.15, -0.1) is 0 Å². The Balaban J connectivity index is 2.50. The third kappa shape index (κ3) is 3.18. The number of amides is 1. The third-order valence-electron chi connectivity index (χ3n) is 2.73. The number of aliphatic hydroxyl groups is 1. The topological polar surface area (TPSA) is 104 Å². The number of carboxylic acids is 1. The highest BCUT2D eigenvalue weighted by molar-refractivity contribution is 5.84. The number of aliphatic carboxylic acids is 1. The first-order valence-corrected chi connectivity index (χ1v) is 5.46. The van der Waals surface area contributed by atoms with Gasteiger partial charge in [0.1, 0.15) is 6.04 Å². The van der Waals surface area contributed by atoms with E-state index < -0.39 is 18.1 Å². The minimum absolute atomic E-state index is 0.123. The fraction of sp³-hybridized carbons (Fsp3) is 0.800. The molecule has 6 heteroatoms. The van der Waals surface area contributed by atoms with E-state index in [1.807, 2.05) is 0 Å². The molecule has 1 rings (SSSR count). The lowest BCUT2D eigenvalue weighted by Crippen LogP contribution is -2.40. The Morgan fingerprint density at radius 1 is 1.38 bits per heavy atom. The van der Waals surface area contributed by atoms with Gasteiger partial charge in [0.15, 0.2) is 0 Å². The Kier molecular flexibility index (Phi) is 4.70. The Bertz CT molecular complexity index is 270. The molecule has 6 nitrogen and oxygen atoms in total. The number of carbonyl (C=O) groups is 2. The maximum atomic E-state index is 11.7. The summed E-state index contributed by atoms with van der Waals surface area (Å²) in [6, 6.07) is -0.875. The van der Waals surface area contributed by atoms with Gasteiger partial charge in [-0.25, -0.2) is 4.79 Å². The molecule has 0 aromatic heterocycles. The van der Waals surface area contributed by atoms with Crippen LogP contribution in [0.25, 0.3) is 0 Å². The van der Waals surface area contributed by atoms with Gasteiger partial charge >= 0.3 is 5.97 Å². The standard InChI is InChI=1S/C10H18N2O4/c11-4-2-1-3-9(14)12-6-7(13)5-8(12)10(15)16/h7-8,13H,1-6,11H2,(H,15,16)/t7?,8-/m0/s1. The number of unbranched alkanes of at least 4 members (excludes halogenated alkanes) is 1. The van der Waals surface area contributed by atoms with Gasteiger partial charge in [-0.3, -0.25) is 4.79 Å². The molecule has 0 aliphatic carbocycles. The molecular formula is C10H18N2O4. The van der Waals surface area contributed by atoms with Crippen LogP contribution in [0.4, 0.5) is 0 Å². The summed E-state index contributed by atoms with van der Waals surface area (Å²) in [5, 5.41) is 18.3. The van der Waals surface area contributed by atoms with Crippen molar-refractivity contribution in [1.29, 1.82) is 0 Å². The fourth-order valence-corrected chi connectivity index (χ4v) is 1.89. The van der Waals surface area contributed by atoms with Crippen LogP contribution < -0.4 is 5.73 Å². The van der Waals surface area contributed by atoms with Crippen LogP contribution in [0.1, 0.15) is 25.7 Å². The van der Waals surface area contributed by atoms with Crippen molar-refractivity contribution in [2.24, 2.45) is 5.73 Å². The smallest absolute Gasteiger partial charge is 0.326 e. The van der Waals surface area contributed by atoms with E-state index in [4.69, 9.17) is 10.8 Å². The lowest BCUT2D eigenvalue weighted by atomic mass is 10.2. The van der Waals surface area contributed by atoms with Crippen LogP contribution in [0.5, 0.6) is 0 Å². The highest BCUT2D eigenvalue weighted by atomic mass is 16.4. The van der Waals surface area contributed by atoms with Crippen LogP contribution in [0.15, 0.2) is 0 Å². The molecule has 16 heavy (non-hydrogen) atoms. The summed E-state index contributed by atoms with van der Waals surface area (Å²) >= 11 is 0. The van der Waals surface area contributed by atoms with Crippen molar-refractivity contribution in [3.63, 3.8) is 0 Å². The first kappa shape index (κ1) is 12.9. The lowest BCUT2D eigenvalue weighted by Gasteiger charge is -2.20. The maximum Gasteiger partial charge on any atom is 0.326 e. The zero-order valence-electron chi connectivity index (χ0n) is 9.13. The number of aliphatic hydroxyl groups excluding tert-OH is 1. The van der Waals surface area contributed by atoms with Gasteiger partial charge < -0.3 is 20.8 Å². The summed E-state index contributed by atoms with van der Waals surface area (Å²) in [5.41, 5.74) is 5.31. The van der Waals surface area contributed by atoms with Gasteiger partial charge in [0.25, 0.3) is 0 Å². The summed E-state index contributed by atoms with van der Waals surface area (Å²) < 4.78 is 0. The molecular weight excluding hydrogens is 212 g/mol. The molecule has 1 unspecified atom stereocenters. The van der Waals surface area contributed by atoms with E-state index in [0.717, 1.165) is 6.42 Å². The molecule has 92 valence electrons. The highest BCUT2D eigenvalue weighted by Crippen LogP contribution is 2.19. The SMILES string of the molecule is NCCCCC(=O)N1CC(O)C[C@H]1C(=O)O. The van der Waals surface area contributed by atoms with Crippen molar-refractivity contribution in [2.45, 2.75) is 37.8 Å². The van der Waals surface area contributed by atoms with Crippen LogP contribution >= 0.6 is 0 Å². The van der Waals surface area contributed by atoms with E-state index in [2.05, 4.69) is 0 Å². The first-order chi connectivity index (χ1) is 7.56. The Hall–Kier alpha value is -1.14. The van der Waals surface area contributed by atoms with E-state index >= 15 is 0 Å². The Morgan fingerprint density at radius 3 is 2.62 bits per heavy atom. The number of carboxylic acid groups (broad SMARTS) is 1. The average Bonchev–Trinajstić information content (AvgIpc) is 2.61. The quantitative estimate of drug-likeness (QED) is 0.534. The highest BCUT2D eigenvalue weighted by Gasteiger charge is 2.38. The van der Waals surface area contributed by atoms with Gasteiger partial charge in [0, 0.05) is 19.4 Å². The zero-order chi connectivity index (χ0) is 12.1. The molecule has 1 amide bonds. The second kappa shape index (κ2) is 5.81. The van der Waals surface area contributed by atoms with Crippen molar-refractivity contribution in [3.8, 4) is 0 Å². The number of hydrogen-bond acceptors (Lipinski definition) is 4. The summed E-state index contributed by atoms with van der Waals surface area (Å²) in [5.74, 6) is -1.26. The maximum absolute atomic E-state index is 11.7. The van der Waals surface area contributed by atoms with Crippen LogP contribution in [0.2, 0.25) is 0 Å². The number of rotatable bonds is 5. The monoisotopic (exact) mass is 230 g/mol. The molecule has 0 spiro atoms. The molecule has 1 aliphatic heterocycles. The van der Waals surface area contributed by atoms with Gasteiger partial charge in [-0.05, 0) is 19.4 Å². The van der Waals surface area contributed by atoms with Crippen LogP contribution in [-0.4, -0.2) is 52.2 Å².